The molecular weight excluding hydrogens is 258 g/mol. The summed E-state index contributed by atoms with van der Waals surface area (Å²) in [5, 5.41) is 6.62. The second-order valence-corrected chi connectivity index (χ2v) is 7.46. The summed E-state index contributed by atoms with van der Waals surface area (Å²) in [4.78, 5) is 0. The number of nitrogens with one attached hydrogen (secondary N) is 1. The number of fused-ring (bicyclic) bond motifs is 1. The van der Waals surface area contributed by atoms with Crippen LogP contribution in [0.25, 0.3) is 0 Å². The second kappa shape index (κ2) is 4.98. The quantitative estimate of drug-likeness (QED) is 0.819. The highest BCUT2D eigenvalue weighted by Crippen LogP contribution is 2.45. The van der Waals surface area contributed by atoms with Crippen LogP contribution in [-0.4, -0.2) is 5.25 Å². The van der Waals surface area contributed by atoms with Gasteiger partial charge in [0.05, 0.1) is 10.3 Å². The highest BCUT2D eigenvalue weighted by Gasteiger charge is 2.26. The number of anilines is 1. The first kappa shape index (κ1) is 12.1. The number of rotatable bonds is 2. The van der Waals surface area contributed by atoms with Crippen LogP contribution in [0.2, 0.25) is 0 Å². The molecule has 0 saturated carbocycles. The molecule has 2 heterocycles. The van der Waals surface area contributed by atoms with Gasteiger partial charge in [0.2, 0.25) is 0 Å². The summed E-state index contributed by atoms with van der Waals surface area (Å²) in [5.41, 5.74) is 4.06. The van der Waals surface area contributed by atoms with E-state index in [1.54, 1.807) is 0 Å². The van der Waals surface area contributed by atoms with Crippen LogP contribution in [0.1, 0.15) is 30.5 Å². The molecule has 2 aromatic rings. The smallest absolute Gasteiger partial charge is 0.0653 e. The molecule has 1 aliphatic heterocycles. The van der Waals surface area contributed by atoms with Crippen molar-refractivity contribution in [3.8, 4) is 0 Å². The molecule has 1 N–H and O–H groups in total. The van der Waals surface area contributed by atoms with Crippen LogP contribution in [0.5, 0.6) is 0 Å². The standard InChI is InChI=1S/C15H17NS2/c1-10-5-3-4-6-13(10)16-14-9-11(2)18-15-12(14)7-8-17-15/h3-8,11,14,16H,9H2,1-2H3/t11-,14?/m0/s1. The maximum Gasteiger partial charge on any atom is 0.0653 e. The number of thiophene rings is 1. The summed E-state index contributed by atoms with van der Waals surface area (Å²) in [6.07, 6.45) is 1.20. The molecule has 0 radical (unpaired) electrons. The molecule has 1 aliphatic rings. The molecule has 3 heteroatoms. The fourth-order valence-electron chi connectivity index (χ4n) is 2.41. The number of benzene rings is 1. The Hall–Kier alpha value is -0.930. The Morgan fingerprint density at radius 3 is 2.89 bits per heavy atom. The van der Waals surface area contributed by atoms with Crippen LogP contribution in [0.15, 0.2) is 39.9 Å². The highest BCUT2D eigenvalue weighted by molar-refractivity contribution is 8.01. The summed E-state index contributed by atoms with van der Waals surface area (Å²) >= 11 is 3.89. The largest absolute Gasteiger partial charge is 0.378 e. The average Bonchev–Trinajstić information content (AvgIpc) is 2.80. The molecule has 0 spiro atoms. The van der Waals surface area contributed by atoms with E-state index in [4.69, 9.17) is 0 Å². The molecule has 3 rings (SSSR count). The zero-order valence-corrected chi connectivity index (χ0v) is 12.3. The van der Waals surface area contributed by atoms with Crippen LogP contribution in [0.4, 0.5) is 5.69 Å². The monoisotopic (exact) mass is 275 g/mol. The highest BCUT2D eigenvalue weighted by atomic mass is 32.2. The zero-order valence-electron chi connectivity index (χ0n) is 10.6. The third kappa shape index (κ3) is 2.29. The molecule has 0 bridgehead atoms. The first-order valence-electron chi connectivity index (χ1n) is 6.30. The van der Waals surface area contributed by atoms with Crippen molar-refractivity contribution in [2.45, 2.75) is 35.8 Å². The molecule has 0 saturated heterocycles. The van der Waals surface area contributed by atoms with Crippen LogP contribution in [0, 0.1) is 6.92 Å². The average molecular weight is 275 g/mol. The maximum absolute atomic E-state index is 3.72. The first-order chi connectivity index (χ1) is 8.74. The van der Waals surface area contributed by atoms with E-state index in [9.17, 15) is 0 Å². The van der Waals surface area contributed by atoms with E-state index in [1.165, 1.54) is 27.4 Å². The van der Waals surface area contributed by atoms with Gasteiger partial charge in [-0.1, -0.05) is 25.1 Å². The van der Waals surface area contributed by atoms with Crippen molar-refractivity contribution in [3.05, 3.63) is 46.8 Å². The van der Waals surface area contributed by atoms with E-state index in [0.29, 0.717) is 11.3 Å². The van der Waals surface area contributed by atoms with Crippen molar-refractivity contribution in [1.29, 1.82) is 0 Å². The molecule has 0 fully saturated rings. The van der Waals surface area contributed by atoms with E-state index < -0.39 is 0 Å². The minimum absolute atomic E-state index is 0.462. The van der Waals surface area contributed by atoms with Crippen molar-refractivity contribution < 1.29 is 0 Å². The Bertz CT molecular complexity index is 547. The van der Waals surface area contributed by atoms with Gasteiger partial charge in [-0.2, -0.15) is 0 Å². The lowest BCUT2D eigenvalue weighted by atomic mass is 10.0. The van der Waals surface area contributed by atoms with Crippen LogP contribution in [0.3, 0.4) is 0 Å². The lowest BCUT2D eigenvalue weighted by Crippen LogP contribution is -2.19. The van der Waals surface area contributed by atoms with E-state index in [2.05, 4.69) is 54.9 Å². The first-order valence-corrected chi connectivity index (χ1v) is 8.06. The van der Waals surface area contributed by atoms with Crippen molar-refractivity contribution in [1.82, 2.24) is 0 Å². The van der Waals surface area contributed by atoms with E-state index in [0.717, 1.165) is 0 Å². The van der Waals surface area contributed by atoms with Gasteiger partial charge in [-0.25, -0.2) is 0 Å². The SMILES string of the molecule is Cc1ccccc1NC1C[C@H](C)Sc2sccc21. The van der Waals surface area contributed by atoms with E-state index in [-0.39, 0.29) is 0 Å². The molecule has 94 valence electrons. The van der Waals surface area contributed by atoms with Crippen LogP contribution >= 0.6 is 23.1 Å². The summed E-state index contributed by atoms with van der Waals surface area (Å²) in [7, 11) is 0. The Kier molecular flexibility index (Phi) is 3.35. The fraction of sp³-hybridized carbons (Fsp3) is 0.333. The molecule has 0 aliphatic carbocycles. The van der Waals surface area contributed by atoms with Gasteiger partial charge in [0.15, 0.2) is 0 Å². The van der Waals surface area contributed by atoms with Gasteiger partial charge in [0, 0.05) is 10.9 Å². The molecular formula is C15H17NS2. The molecule has 1 aromatic carbocycles. The zero-order chi connectivity index (χ0) is 12.5. The Morgan fingerprint density at radius 2 is 2.06 bits per heavy atom. The predicted molar refractivity (Wildman–Crippen MR) is 81.8 cm³/mol. The van der Waals surface area contributed by atoms with Gasteiger partial charge >= 0.3 is 0 Å². The van der Waals surface area contributed by atoms with Crippen LogP contribution in [-0.2, 0) is 0 Å². The van der Waals surface area contributed by atoms with Crippen LogP contribution < -0.4 is 5.32 Å². The summed E-state index contributed by atoms with van der Waals surface area (Å²) in [6, 6.07) is 11.3. The van der Waals surface area contributed by atoms with Gasteiger partial charge < -0.3 is 5.32 Å². The molecule has 2 atom stereocenters. The van der Waals surface area contributed by atoms with Gasteiger partial charge in [-0.3, -0.25) is 0 Å². The summed E-state index contributed by atoms with van der Waals surface area (Å²) in [6.45, 7) is 4.48. The number of para-hydroxylation sites is 1. The van der Waals surface area contributed by atoms with Gasteiger partial charge in [0.1, 0.15) is 0 Å². The third-order valence-electron chi connectivity index (χ3n) is 3.38. The van der Waals surface area contributed by atoms with Gasteiger partial charge in [-0.15, -0.1) is 23.1 Å². The summed E-state index contributed by atoms with van der Waals surface area (Å²) < 4.78 is 1.49. The van der Waals surface area contributed by atoms with Gasteiger partial charge in [-0.05, 0) is 42.0 Å². The predicted octanol–water partition coefficient (Wildman–Crippen LogP) is 5.09. The minimum Gasteiger partial charge on any atom is -0.378 e. The Morgan fingerprint density at radius 1 is 1.22 bits per heavy atom. The number of aryl methyl sites for hydroxylation is 1. The van der Waals surface area contributed by atoms with Crippen molar-refractivity contribution in [2.75, 3.05) is 5.32 Å². The van der Waals surface area contributed by atoms with Crippen molar-refractivity contribution >= 4 is 28.8 Å². The molecule has 1 unspecified atom stereocenters. The van der Waals surface area contributed by atoms with Crippen molar-refractivity contribution in [3.63, 3.8) is 0 Å². The lowest BCUT2D eigenvalue weighted by Gasteiger charge is -2.28. The van der Waals surface area contributed by atoms with E-state index >= 15 is 0 Å². The second-order valence-electron chi connectivity index (χ2n) is 4.84. The normalized spacial score (nSPS) is 22.6. The maximum atomic E-state index is 3.72. The van der Waals surface area contributed by atoms with E-state index in [1.807, 2.05) is 23.1 Å². The topological polar surface area (TPSA) is 12.0 Å². The number of hydrogen-bond acceptors (Lipinski definition) is 3. The lowest BCUT2D eigenvalue weighted by molar-refractivity contribution is 0.669. The minimum atomic E-state index is 0.462. The number of hydrogen-bond donors (Lipinski definition) is 1. The number of thioether (sulfide) groups is 1. The third-order valence-corrected chi connectivity index (χ3v) is 5.73. The molecule has 18 heavy (non-hydrogen) atoms. The molecule has 1 nitrogen and oxygen atoms in total. The summed E-state index contributed by atoms with van der Waals surface area (Å²) in [5.74, 6) is 0. The Labute approximate surface area is 117 Å². The fourth-order valence-corrected chi connectivity index (χ4v) is 4.98. The molecule has 0 amide bonds. The van der Waals surface area contributed by atoms with Crippen molar-refractivity contribution in [2.24, 2.45) is 0 Å². The van der Waals surface area contributed by atoms with Gasteiger partial charge in [0.25, 0.3) is 0 Å². The Balaban J connectivity index is 1.88. The molecule has 1 aromatic heterocycles.